The Balaban J connectivity index is 2.21. The van der Waals surface area contributed by atoms with Crippen molar-refractivity contribution in [2.45, 2.75) is 27.2 Å². The number of rotatable bonds is 3. The van der Waals surface area contributed by atoms with Gasteiger partial charge in [0.2, 0.25) is 0 Å². The normalized spacial score (nSPS) is 14.1. The highest BCUT2D eigenvalue weighted by Gasteiger charge is 2.17. The fourth-order valence-corrected chi connectivity index (χ4v) is 2.09. The number of hydrogen-bond acceptors (Lipinski definition) is 2. The second-order valence-corrected chi connectivity index (χ2v) is 4.75. The van der Waals surface area contributed by atoms with Crippen LogP contribution in [-0.4, -0.2) is 19.0 Å². The first kappa shape index (κ1) is 12.8. The van der Waals surface area contributed by atoms with Gasteiger partial charge in [-0.25, -0.2) is 0 Å². The van der Waals surface area contributed by atoms with Crippen molar-refractivity contribution in [3.63, 3.8) is 0 Å². The average molecular weight is 244 g/mol. The van der Waals surface area contributed by atoms with Crippen molar-refractivity contribution in [1.82, 2.24) is 5.32 Å². The minimum absolute atomic E-state index is 0.0236. The topological polar surface area (TPSA) is 41.1 Å². The lowest BCUT2D eigenvalue weighted by Gasteiger charge is -2.22. The van der Waals surface area contributed by atoms with E-state index in [1.807, 2.05) is 26.0 Å². The van der Waals surface area contributed by atoms with Gasteiger partial charge in [-0.15, -0.1) is 0 Å². The zero-order valence-corrected chi connectivity index (χ0v) is 11.3. The minimum Gasteiger partial charge on any atom is -0.322 e. The quantitative estimate of drug-likeness (QED) is 0.802. The van der Waals surface area contributed by atoms with E-state index in [-0.39, 0.29) is 5.91 Å². The number of amides is 1. The summed E-state index contributed by atoms with van der Waals surface area (Å²) in [6.45, 7) is 7.71. The Labute approximate surface area is 108 Å². The van der Waals surface area contributed by atoms with Crippen LogP contribution in [-0.2, 0) is 11.2 Å². The minimum atomic E-state index is 0.0236. The van der Waals surface area contributed by atoms with E-state index in [0.717, 1.165) is 36.3 Å². The molecule has 0 radical (unpaired) electrons. The first-order chi connectivity index (χ1) is 8.63. The standard InChI is InChI=1S/C15H20N2O/c1-4-12-7-5-6-10(2)14(12)17-15(18)11(3)13-8-16-9-13/h5-7,16H,4,8-9H2,1-3H3,(H,17,18). The molecule has 2 rings (SSSR count). The molecule has 1 saturated heterocycles. The van der Waals surface area contributed by atoms with Gasteiger partial charge in [0.25, 0.3) is 5.91 Å². The molecule has 1 aromatic carbocycles. The van der Waals surface area contributed by atoms with E-state index < -0.39 is 0 Å². The van der Waals surface area contributed by atoms with Gasteiger partial charge in [0.05, 0.1) is 0 Å². The molecule has 0 bridgehead atoms. The Morgan fingerprint density at radius 1 is 1.39 bits per heavy atom. The molecule has 2 N–H and O–H groups in total. The molecule has 1 heterocycles. The van der Waals surface area contributed by atoms with E-state index >= 15 is 0 Å². The molecule has 1 aliphatic rings. The average Bonchev–Trinajstić information content (AvgIpc) is 2.29. The number of para-hydroxylation sites is 1. The second-order valence-electron chi connectivity index (χ2n) is 4.75. The lowest BCUT2D eigenvalue weighted by Crippen LogP contribution is -2.36. The molecule has 18 heavy (non-hydrogen) atoms. The second kappa shape index (κ2) is 5.36. The first-order valence-corrected chi connectivity index (χ1v) is 6.42. The highest BCUT2D eigenvalue weighted by Crippen LogP contribution is 2.22. The van der Waals surface area contributed by atoms with E-state index in [1.165, 1.54) is 11.1 Å². The molecule has 0 spiro atoms. The van der Waals surface area contributed by atoms with Crippen LogP contribution in [0.15, 0.2) is 29.3 Å². The van der Waals surface area contributed by atoms with Gasteiger partial charge >= 0.3 is 0 Å². The number of carbonyl (C=O) groups is 1. The van der Waals surface area contributed by atoms with Gasteiger partial charge in [0, 0.05) is 24.4 Å². The summed E-state index contributed by atoms with van der Waals surface area (Å²) in [5, 5.41) is 6.21. The molecular weight excluding hydrogens is 224 g/mol. The van der Waals surface area contributed by atoms with Gasteiger partial charge < -0.3 is 10.6 Å². The highest BCUT2D eigenvalue weighted by molar-refractivity contribution is 6.04. The van der Waals surface area contributed by atoms with Gasteiger partial charge in [-0.1, -0.05) is 25.1 Å². The zero-order valence-electron chi connectivity index (χ0n) is 11.3. The van der Waals surface area contributed by atoms with Crippen molar-refractivity contribution in [1.29, 1.82) is 0 Å². The van der Waals surface area contributed by atoms with Crippen LogP contribution in [0.3, 0.4) is 0 Å². The smallest absolute Gasteiger partial charge is 0.251 e. The third kappa shape index (κ3) is 2.46. The molecule has 1 aliphatic heterocycles. The molecular formula is C15H20N2O. The predicted molar refractivity (Wildman–Crippen MR) is 74.8 cm³/mol. The van der Waals surface area contributed by atoms with E-state index in [9.17, 15) is 4.79 Å². The Hall–Kier alpha value is -1.61. The van der Waals surface area contributed by atoms with Crippen LogP contribution in [0.5, 0.6) is 0 Å². The maximum Gasteiger partial charge on any atom is 0.251 e. The number of hydrogen-bond donors (Lipinski definition) is 2. The molecule has 1 amide bonds. The van der Waals surface area contributed by atoms with Crippen LogP contribution in [0, 0.1) is 6.92 Å². The Morgan fingerprint density at radius 3 is 2.67 bits per heavy atom. The Kier molecular flexibility index (Phi) is 3.82. The Morgan fingerprint density at radius 2 is 2.11 bits per heavy atom. The molecule has 1 aromatic rings. The van der Waals surface area contributed by atoms with E-state index in [0.29, 0.717) is 0 Å². The van der Waals surface area contributed by atoms with E-state index in [4.69, 9.17) is 0 Å². The van der Waals surface area contributed by atoms with Crippen molar-refractivity contribution in [2.75, 3.05) is 18.4 Å². The van der Waals surface area contributed by atoms with E-state index in [2.05, 4.69) is 23.6 Å². The SMILES string of the molecule is CCc1cccc(C)c1NC(=O)C(C)=C1CNC1. The maximum atomic E-state index is 12.2. The van der Waals surface area contributed by atoms with Gasteiger partial charge in [0.1, 0.15) is 0 Å². The van der Waals surface area contributed by atoms with Gasteiger partial charge in [0.15, 0.2) is 0 Å². The molecule has 0 saturated carbocycles. The molecule has 1 fully saturated rings. The fraction of sp³-hybridized carbons (Fsp3) is 0.400. The van der Waals surface area contributed by atoms with Crippen LogP contribution >= 0.6 is 0 Å². The van der Waals surface area contributed by atoms with Crippen molar-refractivity contribution in [3.8, 4) is 0 Å². The number of nitrogens with one attached hydrogen (secondary N) is 2. The van der Waals surface area contributed by atoms with Crippen molar-refractivity contribution < 1.29 is 4.79 Å². The monoisotopic (exact) mass is 244 g/mol. The van der Waals surface area contributed by atoms with Crippen LogP contribution in [0.4, 0.5) is 5.69 Å². The lowest BCUT2D eigenvalue weighted by atomic mass is 10.0. The van der Waals surface area contributed by atoms with Crippen molar-refractivity contribution in [3.05, 3.63) is 40.5 Å². The zero-order chi connectivity index (χ0) is 13.1. The summed E-state index contributed by atoms with van der Waals surface area (Å²) in [5.74, 6) is 0.0236. The molecule has 3 heteroatoms. The summed E-state index contributed by atoms with van der Waals surface area (Å²) in [6.07, 6.45) is 0.925. The summed E-state index contributed by atoms with van der Waals surface area (Å²) < 4.78 is 0. The summed E-state index contributed by atoms with van der Waals surface area (Å²) in [7, 11) is 0. The largest absolute Gasteiger partial charge is 0.322 e. The molecule has 0 aromatic heterocycles. The number of anilines is 1. The van der Waals surface area contributed by atoms with Crippen LogP contribution in [0.25, 0.3) is 0 Å². The summed E-state index contributed by atoms with van der Waals surface area (Å²) in [4.78, 5) is 12.2. The van der Waals surface area contributed by atoms with E-state index in [1.54, 1.807) is 0 Å². The van der Waals surface area contributed by atoms with Crippen molar-refractivity contribution >= 4 is 11.6 Å². The predicted octanol–water partition coefficient (Wildman–Crippen LogP) is 2.42. The third-order valence-corrected chi connectivity index (χ3v) is 3.53. The third-order valence-electron chi connectivity index (χ3n) is 3.53. The molecule has 0 unspecified atom stereocenters. The fourth-order valence-electron chi connectivity index (χ4n) is 2.09. The van der Waals surface area contributed by atoms with Gasteiger partial charge in [-0.3, -0.25) is 4.79 Å². The summed E-state index contributed by atoms with van der Waals surface area (Å²) in [5.41, 5.74) is 5.33. The number of carbonyl (C=O) groups excluding carboxylic acids is 1. The Bertz CT molecular complexity index is 497. The molecule has 0 aliphatic carbocycles. The van der Waals surface area contributed by atoms with Crippen molar-refractivity contribution in [2.24, 2.45) is 0 Å². The number of benzene rings is 1. The van der Waals surface area contributed by atoms with Gasteiger partial charge in [-0.05, 0) is 37.0 Å². The summed E-state index contributed by atoms with van der Waals surface area (Å²) >= 11 is 0. The van der Waals surface area contributed by atoms with Crippen LogP contribution < -0.4 is 10.6 Å². The highest BCUT2D eigenvalue weighted by atomic mass is 16.1. The molecule has 96 valence electrons. The van der Waals surface area contributed by atoms with Gasteiger partial charge in [-0.2, -0.15) is 0 Å². The van der Waals surface area contributed by atoms with Crippen LogP contribution in [0.2, 0.25) is 0 Å². The summed E-state index contributed by atoms with van der Waals surface area (Å²) in [6, 6.07) is 6.13. The maximum absolute atomic E-state index is 12.2. The van der Waals surface area contributed by atoms with Crippen LogP contribution in [0.1, 0.15) is 25.0 Å². The lowest BCUT2D eigenvalue weighted by molar-refractivity contribution is -0.112. The molecule has 3 nitrogen and oxygen atoms in total. The first-order valence-electron chi connectivity index (χ1n) is 6.42. The number of aryl methyl sites for hydroxylation is 2. The molecule has 0 atom stereocenters.